The fourth-order valence-electron chi connectivity index (χ4n) is 0.891. The summed E-state index contributed by atoms with van der Waals surface area (Å²) in [6.07, 6.45) is 1.02. The van der Waals surface area contributed by atoms with Gasteiger partial charge in [0.1, 0.15) is 18.0 Å². The number of nitriles is 2. The van der Waals surface area contributed by atoms with Crippen molar-refractivity contribution in [3.63, 3.8) is 0 Å². The van der Waals surface area contributed by atoms with Gasteiger partial charge in [-0.15, -0.1) is 0 Å². The van der Waals surface area contributed by atoms with Gasteiger partial charge in [-0.3, -0.25) is 0 Å². The lowest BCUT2D eigenvalue weighted by molar-refractivity contribution is 0.570. The quantitative estimate of drug-likeness (QED) is 0.468. The first-order valence-corrected chi connectivity index (χ1v) is 3.40. The van der Waals surface area contributed by atoms with Crippen molar-refractivity contribution in [1.82, 2.24) is 10.6 Å². The molecule has 2 N–H and O–H groups in total. The van der Waals surface area contributed by atoms with E-state index in [2.05, 4.69) is 10.6 Å². The van der Waals surface area contributed by atoms with E-state index in [1.54, 1.807) is 0 Å². The van der Waals surface area contributed by atoms with Gasteiger partial charge in [-0.25, -0.2) is 0 Å². The van der Waals surface area contributed by atoms with Crippen LogP contribution in [0.1, 0.15) is 6.42 Å². The van der Waals surface area contributed by atoms with Crippen LogP contribution in [-0.4, -0.2) is 13.1 Å². The fourth-order valence-corrected chi connectivity index (χ4v) is 0.891. The highest BCUT2D eigenvalue weighted by Crippen LogP contribution is 1.99. The summed E-state index contributed by atoms with van der Waals surface area (Å²) in [4.78, 5) is 0. The highest BCUT2D eigenvalue weighted by Gasteiger charge is 2.08. The van der Waals surface area contributed by atoms with Gasteiger partial charge in [0.05, 0.1) is 0 Å². The second-order valence-electron chi connectivity index (χ2n) is 2.18. The first-order valence-electron chi connectivity index (χ1n) is 3.40. The number of nitrogens with one attached hydrogen (secondary N) is 2. The normalized spacial score (nSPS) is 15.3. The van der Waals surface area contributed by atoms with Gasteiger partial charge in [-0.1, -0.05) is 0 Å². The predicted molar refractivity (Wildman–Crippen MR) is 38.9 cm³/mol. The molecule has 0 amide bonds. The molecule has 1 fully saturated rings. The lowest BCUT2D eigenvalue weighted by atomic mass is 10.2. The van der Waals surface area contributed by atoms with Crippen LogP contribution in [0.3, 0.4) is 0 Å². The standard InChI is InChI=1S/C7H8N4/c8-4-6(5-9)7-10-2-1-3-11-7/h10-11H,1-3H2. The number of rotatable bonds is 0. The minimum atomic E-state index is 0.129. The molecule has 0 bridgehead atoms. The maximum Gasteiger partial charge on any atom is 0.169 e. The van der Waals surface area contributed by atoms with Gasteiger partial charge in [0.25, 0.3) is 0 Å². The third-order valence-electron chi connectivity index (χ3n) is 1.43. The van der Waals surface area contributed by atoms with Crippen molar-refractivity contribution >= 4 is 0 Å². The summed E-state index contributed by atoms with van der Waals surface area (Å²) in [6.45, 7) is 1.66. The van der Waals surface area contributed by atoms with Gasteiger partial charge in [0, 0.05) is 13.1 Å². The molecule has 0 unspecified atom stereocenters. The third-order valence-corrected chi connectivity index (χ3v) is 1.43. The van der Waals surface area contributed by atoms with Gasteiger partial charge >= 0.3 is 0 Å². The SMILES string of the molecule is N#CC(C#N)=C1NCCCN1. The van der Waals surface area contributed by atoms with Gasteiger partial charge in [0.2, 0.25) is 0 Å². The molecule has 0 spiro atoms. The summed E-state index contributed by atoms with van der Waals surface area (Å²) in [7, 11) is 0. The molecule has 4 nitrogen and oxygen atoms in total. The van der Waals surface area contributed by atoms with Gasteiger partial charge in [0.15, 0.2) is 5.57 Å². The van der Waals surface area contributed by atoms with E-state index >= 15 is 0 Å². The van der Waals surface area contributed by atoms with Crippen LogP contribution in [0.15, 0.2) is 11.4 Å². The number of hydrogen-bond donors (Lipinski definition) is 2. The lowest BCUT2D eigenvalue weighted by Crippen LogP contribution is -2.36. The molecule has 0 radical (unpaired) electrons. The van der Waals surface area contributed by atoms with E-state index in [4.69, 9.17) is 10.5 Å². The first kappa shape index (κ1) is 7.43. The molecular weight excluding hydrogens is 140 g/mol. The smallest absolute Gasteiger partial charge is 0.169 e. The van der Waals surface area contributed by atoms with Gasteiger partial charge < -0.3 is 10.6 Å². The van der Waals surface area contributed by atoms with Crippen LogP contribution in [0, 0.1) is 22.7 Å². The second-order valence-corrected chi connectivity index (χ2v) is 2.18. The highest BCUT2D eigenvalue weighted by atomic mass is 15.1. The van der Waals surface area contributed by atoms with E-state index in [1.165, 1.54) is 0 Å². The second kappa shape index (κ2) is 3.48. The summed E-state index contributed by atoms with van der Waals surface area (Å²) in [6, 6.07) is 3.63. The van der Waals surface area contributed by atoms with E-state index in [0.29, 0.717) is 5.82 Å². The summed E-state index contributed by atoms with van der Waals surface area (Å²) in [5.41, 5.74) is 0.129. The maximum atomic E-state index is 8.47. The molecule has 0 saturated carbocycles. The van der Waals surface area contributed by atoms with Crippen molar-refractivity contribution in [1.29, 1.82) is 10.5 Å². The van der Waals surface area contributed by atoms with E-state index in [9.17, 15) is 0 Å². The molecule has 11 heavy (non-hydrogen) atoms. The lowest BCUT2D eigenvalue weighted by Gasteiger charge is -2.18. The molecule has 4 heteroatoms. The Morgan fingerprint density at radius 2 is 1.73 bits per heavy atom. The number of hydrogen-bond acceptors (Lipinski definition) is 4. The minimum absolute atomic E-state index is 0.129. The summed E-state index contributed by atoms with van der Waals surface area (Å²) in [5.74, 6) is 0.571. The van der Waals surface area contributed by atoms with Crippen LogP contribution in [-0.2, 0) is 0 Å². The van der Waals surface area contributed by atoms with Crippen LogP contribution >= 0.6 is 0 Å². The van der Waals surface area contributed by atoms with E-state index < -0.39 is 0 Å². The van der Waals surface area contributed by atoms with Crippen molar-refractivity contribution in [2.45, 2.75) is 6.42 Å². The Labute approximate surface area is 65.1 Å². The number of allylic oxidation sites excluding steroid dienone is 1. The molecule has 1 heterocycles. The van der Waals surface area contributed by atoms with Crippen molar-refractivity contribution in [2.24, 2.45) is 0 Å². The molecular formula is C7H8N4. The Kier molecular flexibility index (Phi) is 2.35. The molecule has 1 saturated heterocycles. The Morgan fingerprint density at radius 1 is 1.18 bits per heavy atom. The van der Waals surface area contributed by atoms with Crippen LogP contribution < -0.4 is 10.6 Å². The molecule has 0 aromatic heterocycles. The van der Waals surface area contributed by atoms with Crippen molar-refractivity contribution in [2.75, 3.05) is 13.1 Å². The topological polar surface area (TPSA) is 71.6 Å². The van der Waals surface area contributed by atoms with E-state index in [1.807, 2.05) is 12.1 Å². The zero-order valence-electron chi connectivity index (χ0n) is 6.02. The first-order chi connectivity index (χ1) is 5.38. The van der Waals surface area contributed by atoms with E-state index in [0.717, 1.165) is 19.5 Å². The summed E-state index contributed by atoms with van der Waals surface area (Å²) < 4.78 is 0. The molecule has 1 rings (SSSR count). The van der Waals surface area contributed by atoms with Crippen LogP contribution in [0.2, 0.25) is 0 Å². The third kappa shape index (κ3) is 1.62. The predicted octanol–water partition coefficient (Wildman–Crippen LogP) is -0.172. The Balaban J connectivity index is 2.77. The molecule has 56 valence electrons. The summed E-state index contributed by atoms with van der Waals surface area (Å²) in [5, 5.41) is 22.8. The summed E-state index contributed by atoms with van der Waals surface area (Å²) >= 11 is 0. The minimum Gasteiger partial charge on any atom is -0.370 e. The number of nitrogens with zero attached hydrogens (tertiary/aromatic N) is 2. The molecule has 0 atom stereocenters. The van der Waals surface area contributed by atoms with Crippen molar-refractivity contribution in [3.8, 4) is 12.1 Å². The molecule has 0 aliphatic carbocycles. The molecule has 1 aliphatic heterocycles. The maximum absolute atomic E-state index is 8.47. The van der Waals surface area contributed by atoms with E-state index in [-0.39, 0.29) is 5.57 Å². The monoisotopic (exact) mass is 148 g/mol. The van der Waals surface area contributed by atoms with Crippen LogP contribution in [0.5, 0.6) is 0 Å². The van der Waals surface area contributed by atoms with Crippen molar-refractivity contribution in [3.05, 3.63) is 11.4 Å². The Morgan fingerprint density at radius 3 is 2.18 bits per heavy atom. The Bertz CT molecular complexity index is 229. The largest absolute Gasteiger partial charge is 0.370 e. The average Bonchev–Trinajstić information content (AvgIpc) is 2.09. The van der Waals surface area contributed by atoms with Crippen LogP contribution in [0.4, 0.5) is 0 Å². The molecule has 0 aromatic carbocycles. The van der Waals surface area contributed by atoms with Gasteiger partial charge in [-0.2, -0.15) is 10.5 Å². The Hall–Kier alpha value is -1.68. The zero-order valence-corrected chi connectivity index (χ0v) is 6.02. The average molecular weight is 148 g/mol. The van der Waals surface area contributed by atoms with Crippen molar-refractivity contribution < 1.29 is 0 Å². The zero-order chi connectivity index (χ0) is 8.10. The fraction of sp³-hybridized carbons (Fsp3) is 0.429. The van der Waals surface area contributed by atoms with Crippen LogP contribution in [0.25, 0.3) is 0 Å². The molecule has 0 aromatic rings. The van der Waals surface area contributed by atoms with Gasteiger partial charge in [-0.05, 0) is 6.42 Å². The molecule has 1 aliphatic rings. The highest BCUT2D eigenvalue weighted by molar-refractivity contribution is 5.39.